The monoisotopic (exact) mass is 260 g/mol. The quantitative estimate of drug-likeness (QED) is 0.837. The summed E-state index contributed by atoms with van der Waals surface area (Å²) in [5.41, 5.74) is 2.77. The highest BCUT2D eigenvalue weighted by Gasteiger charge is 2.28. The summed E-state index contributed by atoms with van der Waals surface area (Å²) in [4.78, 5) is 12.3. The van der Waals surface area contributed by atoms with Crippen LogP contribution in [-0.2, 0) is 20.7 Å². The topological polar surface area (TPSA) is 35.5 Å². The standard InChI is InChI=1S/C16H20O3/c17-15(16-11-18-8-9-19-16)10-13-6-3-5-12-4-1-2-7-14(12)13/h1-2,4,7,13,16H,3,5-6,8-11H2. The number of ether oxygens (including phenoxy) is 2. The van der Waals surface area contributed by atoms with Crippen LogP contribution in [0, 0.1) is 0 Å². The second-order valence-corrected chi connectivity index (χ2v) is 5.39. The molecule has 2 aliphatic rings. The molecule has 19 heavy (non-hydrogen) atoms. The maximum absolute atomic E-state index is 12.3. The lowest BCUT2D eigenvalue weighted by Gasteiger charge is -2.27. The van der Waals surface area contributed by atoms with Gasteiger partial charge in [-0.1, -0.05) is 24.3 Å². The van der Waals surface area contributed by atoms with E-state index in [0.717, 1.165) is 12.8 Å². The molecule has 0 aromatic heterocycles. The van der Waals surface area contributed by atoms with Gasteiger partial charge in [-0.15, -0.1) is 0 Å². The molecule has 3 rings (SSSR count). The minimum atomic E-state index is -0.345. The van der Waals surface area contributed by atoms with E-state index in [9.17, 15) is 4.79 Å². The highest BCUT2D eigenvalue weighted by molar-refractivity contribution is 5.84. The first-order chi connectivity index (χ1) is 9.34. The maximum atomic E-state index is 12.3. The third-order valence-corrected chi connectivity index (χ3v) is 4.12. The van der Waals surface area contributed by atoms with Crippen molar-refractivity contribution < 1.29 is 14.3 Å². The molecule has 1 aromatic carbocycles. The van der Waals surface area contributed by atoms with Crippen LogP contribution in [0.2, 0.25) is 0 Å². The minimum absolute atomic E-state index is 0.196. The van der Waals surface area contributed by atoms with Gasteiger partial charge in [0.2, 0.25) is 0 Å². The molecule has 1 aromatic rings. The molecule has 1 heterocycles. The van der Waals surface area contributed by atoms with Crippen LogP contribution >= 0.6 is 0 Å². The van der Waals surface area contributed by atoms with Crippen LogP contribution in [0.1, 0.15) is 36.3 Å². The van der Waals surface area contributed by atoms with E-state index in [0.29, 0.717) is 32.2 Å². The van der Waals surface area contributed by atoms with Gasteiger partial charge < -0.3 is 9.47 Å². The van der Waals surface area contributed by atoms with Gasteiger partial charge >= 0.3 is 0 Å². The fraction of sp³-hybridized carbons (Fsp3) is 0.562. The second-order valence-electron chi connectivity index (χ2n) is 5.39. The molecule has 2 unspecified atom stereocenters. The Hall–Kier alpha value is -1.19. The van der Waals surface area contributed by atoms with E-state index in [1.54, 1.807) is 0 Å². The van der Waals surface area contributed by atoms with Gasteiger partial charge in [-0.2, -0.15) is 0 Å². The normalized spacial score (nSPS) is 26.7. The number of fused-ring (bicyclic) bond motifs is 1. The molecule has 0 N–H and O–H groups in total. The first kappa shape index (κ1) is 12.8. The average Bonchev–Trinajstić information content (AvgIpc) is 2.48. The molecule has 1 fully saturated rings. The molecule has 2 atom stereocenters. The van der Waals surface area contributed by atoms with Gasteiger partial charge in [0.1, 0.15) is 6.10 Å². The zero-order valence-corrected chi connectivity index (χ0v) is 11.1. The van der Waals surface area contributed by atoms with Crippen molar-refractivity contribution in [3.63, 3.8) is 0 Å². The van der Waals surface area contributed by atoms with E-state index in [-0.39, 0.29) is 11.9 Å². The lowest BCUT2D eigenvalue weighted by molar-refractivity contribution is -0.145. The van der Waals surface area contributed by atoms with Gasteiger partial charge in [-0.3, -0.25) is 4.79 Å². The third kappa shape index (κ3) is 2.88. The van der Waals surface area contributed by atoms with Crippen LogP contribution in [0.4, 0.5) is 0 Å². The predicted molar refractivity (Wildman–Crippen MR) is 72.3 cm³/mol. The number of rotatable bonds is 3. The Morgan fingerprint density at radius 3 is 3.00 bits per heavy atom. The number of hydrogen-bond donors (Lipinski definition) is 0. The van der Waals surface area contributed by atoms with Crippen molar-refractivity contribution in [2.45, 2.75) is 37.7 Å². The number of carbonyl (C=O) groups is 1. The van der Waals surface area contributed by atoms with Crippen molar-refractivity contribution in [1.82, 2.24) is 0 Å². The molecule has 3 heteroatoms. The van der Waals surface area contributed by atoms with Crippen LogP contribution < -0.4 is 0 Å². The summed E-state index contributed by atoms with van der Waals surface area (Å²) >= 11 is 0. The smallest absolute Gasteiger partial charge is 0.164 e. The van der Waals surface area contributed by atoms with Crippen molar-refractivity contribution in [1.29, 1.82) is 0 Å². The summed E-state index contributed by atoms with van der Waals surface area (Å²) in [5.74, 6) is 0.560. The first-order valence-corrected chi connectivity index (χ1v) is 7.14. The number of benzene rings is 1. The summed E-state index contributed by atoms with van der Waals surface area (Å²) in [6.07, 6.45) is 3.67. The fourth-order valence-electron chi connectivity index (χ4n) is 3.11. The Morgan fingerprint density at radius 2 is 2.16 bits per heavy atom. The fourth-order valence-corrected chi connectivity index (χ4v) is 3.11. The molecule has 0 amide bonds. The lowest BCUT2D eigenvalue weighted by atomic mass is 9.80. The van der Waals surface area contributed by atoms with E-state index in [4.69, 9.17) is 9.47 Å². The average molecular weight is 260 g/mol. The Morgan fingerprint density at radius 1 is 1.26 bits per heavy atom. The van der Waals surface area contributed by atoms with E-state index in [2.05, 4.69) is 24.3 Å². The molecule has 0 bridgehead atoms. The largest absolute Gasteiger partial charge is 0.376 e. The van der Waals surface area contributed by atoms with E-state index >= 15 is 0 Å². The summed E-state index contributed by atoms with van der Waals surface area (Å²) in [7, 11) is 0. The molecule has 3 nitrogen and oxygen atoms in total. The van der Waals surface area contributed by atoms with Crippen molar-refractivity contribution in [2.24, 2.45) is 0 Å². The minimum Gasteiger partial charge on any atom is -0.376 e. The number of hydrogen-bond acceptors (Lipinski definition) is 3. The van der Waals surface area contributed by atoms with Gasteiger partial charge in [0.15, 0.2) is 5.78 Å². The molecule has 0 saturated carbocycles. The molecular weight excluding hydrogens is 240 g/mol. The summed E-state index contributed by atoms with van der Waals surface area (Å²) < 4.78 is 10.8. The van der Waals surface area contributed by atoms with Gasteiger partial charge in [0.25, 0.3) is 0 Å². The second kappa shape index (κ2) is 5.85. The molecule has 0 radical (unpaired) electrons. The van der Waals surface area contributed by atoms with Crippen molar-refractivity contribution in [3.05, 3.63) is 35.4 Å². The van der Waals surface area contributed by atoms with E-state index < -0.39 is 0 Å². The first-order valence-electron chi connectivity index (χ1n) is 7.14. The highest BCUT2D eigenvalue weighted by atomic mass is 16.6. The number of carbonyl (C=O) groups excluding carboxylic acids is 1. The number of ketones is 1. The van der Waals surface area contributed by atoms with E-state index in [1.807, 2.05) is 0 Å². The van der Waals surface area contributed by atoms with Gasteiger partial charge in [0, 0.05) is 6.42 Å². The molecule has 102 valence electrons. The van der Waals surface area contributed by atoms with Gasteiger partial charge in [0.05, 0.1) is 19.8 Å². The maximum Gasteiger partial charge on any atom is 0.164 e. The zero-order valence-electron chi connectivity index (χ0n) is 11.1. The Labute approximate surface area is 113 Å². The van der Waals surface area contributed by atoms with Crippen LogP contribution in [0.25, 0.3) is 0 Å². The molecular formula is C16H20O3. The Bertz CT molecular complexity index is 449. The van der Waals surface area contributed by atoms with Gasteiger partial charge in [-0.25, -0.2) is 0 Å². The molecule has 0 spiro atoms. The Balaban J connectivity index is 1.68. The molecule has 1 aliphatic heterocycles. The van der Waals surface area contributed by atoms with Gasteiger partial charge in [-0.05, 0) is 36.3 Å². The summed E-state index contributed by atoms with van der Waals surface area (Å²) in [5, 5.41) is 0. The van der Waals surface area contributed by atoms with Crippen molar-refractivity contribution >= 4 is 5.78 Å². The van der Waals surface area contributed by atoms with Crippen molar-refractivity contribution in [3.8, 4) is 0 Å². The highest BCUT2D eigenvalue weighted by Crippen LogP contribution is 2.34. The van der Waals surface area contributed by atoms with Crippen LogP contribution in [0.15, 0.2) is 24.3 Å². The van der Waals surface area contributed by atoms with Crippen LogP contribution in [-0.4, -0.2) is 31.7 Å². The summed E-state index contributed by atoms with van der Waals surface area (Å²) in [6.45, 7) is 1.57. The van der Waals surface area contributed by atoms with Crippen LogP contribution in [0.3, 0.4) is 0 Å². The number of Topliss-reactive ketones (excluding diaryl/α,β-unsaturated/α-hetero) is 1. The van der Waals surface area contributed by atoms with Crippen molar-refractivity contribution in [2.75, 3.05) is 19.8 Å². The zero-order chi connectivity index (χ0) is 13.1. The Kier molecular flexibility index (Phi) is 3.95. The number of aryl methyl sites for hydroxylation is 1. The predicted octanol–water partition coefficient (Wildman–Crippen LogP) is 2.48. The van der Waals surface area contributed by atoms with Crippen LogP contribution in [0.5, 0.6) is 0 Å². The lowest BCUT2D eigenvalue weighted by Crippen LogP contribution is -2.36. The third-order valence-electron chi connectivity index (χ3n) is 4.12. The van der Waals surface area contributed by atoms with E-state index in [1.165, 1.54) is 17.5 Å². The molecule has 1 saturated heterocycles. The summed E-state index contributed by atoms with van der Waals surface area (Å²) in [6, 6.07) is 8.51. The molecule has 1 aliphatic carbocycles. The SMILES string of the molecule is O=C(CC1CCCc2ccccc21)C1COCCO1.